The summed E-state index contributed by atoms with van der Waals surface area (Å²) in [5.74, 6) is -0.0370. The quantitative estimate of drug-likeness (QED) is 0.0320. The van der Waals surface area contributed by atoms with Crippen molar-refractivity contribution >= 4 is 11.9 Å². The van der Waals surface area contributed by atoms with Gasteiger partial charge in [0, 0.05) is 12.8 Å². The molecule has 81 heavy (non-hydrogen) atoms. The minimum Gasteiger partial charge on any atom is -0.466 e. The Labute approximate surface area is 508 Å². The lowest BCUT2D eigenvalue weighted by Gasteiger charge is -2.20. The highest BCUT2D eigenvalue weighted by Crippen LogP contribution is 2.20. The molecule has 0 fully saturated rings. The maximum Gasteiger partial charge on any atom is 0.305 e. The lowest BCUT2D eigenvalue weighted by atomic mass is 10.0. The Balaban J connectivity index is 3.35. The minimum atomic E-state index is -0.842. The first-order valence-corrected chi connectivity index (χ1v) is 37.5. The van der Waals surface area contributed by atoms with Gasteiger partial charge in [0.2, 0.25) is 5.91 Å². The van der Waals surface area contributed by atoms with Crippen molar-refractivity contribution in [3.05, 3.63) is 12.2 Å². The van der Waals surface area contributed by atoms with Crippen LogP contribution in [0, 0.1) is 0 Å². The van der Waals surface area contributed by atoms with Crippen molar-refractivity contribution in [2.24, 2.45) is 0 Å². The summed E-state index contributed by atoms with van der Waals surface area (Å²) in [7, 11) is 0. The number of carbonyl (C=O) groups is 2. The molecule has 482 valence electrons. The van der Waals surface area contributed by atoms with Gasteiger partial charge in [0.05, 0.1) is 25.4 Å². The van der Waals surface area contributed by atoms with E-state index in [2.05, 4.69) is 19.2 Å². The zero-order valence-corrected chi connectivity index (χ0v) is 55.3. The summed E-state index contributed by atoms with van der Waals surface area (Å²) in [5.41, 5.74) is 0. The Bertz CT molecular complexity index is 1220. The number of aliphatic hydroxyl groups is 2. The molecule has 0 aromatic heterocycles. The third-order valence-corrected chi connectivity index (χ3v) is 17.8. The molecule has 0 rings (SSSR count). The van der Waals surface area contributed by atoms with Crippen molar-refractivity contribution in [2.45, 2.75) is 443 Å². The molecule has 0 aromatic rings. The Kier molecular flexibility index (Phi) is 69.9. The van der Waals surface area contributed by atoms with Crippen molar-refractivity contribution in [1.82, 2.24) is 5.32 Å². The van der Waals surface area contributed by atoms with E-state index in [9.17, 15) is 19.8 Å². The number of nitrogens with one attached hydrogen (secondary N) is 1. The third-order valence-electron chi connectivity index (χ3n) is 17.8. The van der Waals surface area contributed by atoms with E-state index < -0.39 is 12.1 Å². The first-order chi connectivity index (χ1) is 40.0. The van der Waals surface area contributed by atoms with Crippen LogP contribution in [-0.4, -0.2) is 47.4 Å². The van der Waals surface area contributed by atoms with Gasteiger partial charge >= 0.3 is 5.97 Å². The highest BCUT2D eigenvalue weighted by Gasteiger charge is 2.18. The van der Waals surface area contributed by atoms with Crippen molar-refractivity contribution in [3.8, 4) is 0 Å². The smallest absolute Gasteiger partial charge is 0.305 e. The van der Waals surface area contributed by atoms with Gasteiger partial charge in [0.15, 0.2) is 0 Å². The van der Waals surface area contributed by atoms with Crippen molar-refractivity contribution in [1.29, 1.82) is 0 Å². The molecular weight excluding hydrogens is 995 g/mol. The number of hydrogen-bond donors (Lipinski definition) is 3. The number of allylic oxidation sites excluding steroid dienone is 1. The highest BCUT2D eigenvalue weighted by atomic mass is 16.5. The van der Waals surface area contributed by atoms with Crippen LogP contribution in [0.1, 0.15) is 431 Å². The Morgan fingerprint density at radius 3 is 0.840 bits per heavy atom. The fourth-order valence-corrected chi connectivity index (χ4v) is 12.1. The minimum absolute atomic E-state index is 0.0231. The molecule has 0 saturated heterocycles. The molecule has 0 aliphatic rings. The van der Waals surface area contributed by atoms with E-state index in [1.807, 2.05) is 6.08 Å². The number of unbranched alkanes of at least 4 members (excludes halogenated alkanes) is 60. The molecule has 3 N–H and O–H groups in total. The van der Waals surface area contributed by atoms with Gasteiger partial charge in [-0.2, -0.15) is 0 Å². The van der Waals surface area contributed by atoms with Gasteiger partial charge in [0.1, 0.15) is 0 Å². The second-order valence-corrected chi connectivity index (χ2v) is 26.0. The van der Waals surface area contributed by atoms with Gasteiger partial charge in [0.25, 0.3) is 0 Å². The van der Waals surface area contributed by atoms with E-state index in [1.165, 1.54) is 366 Å². The van der Waals surface area contributed by atoms with E-state index >= 15 is 0 Å². The SMILES string of the molecule is CCCCCCCCCCCCCCCCCCCC/C=C/C(O)C(CO)NC(=O)CCCCCCCCCCCCCCCCCCCCCCCCCCCCCCOC(=O)CCCCCCCCCCCCCCCCCC. The number of carbonyl (C=O) groups excluding carboxylic acids is 2. The molecule has 0 aliphatic carbocycles. The van der Waals surface area contributed by atoms with Crippen LogP contribution in [0.3, 0.4) is 0 Å². The van der Waals surface area contributed by atoms with Crippen molar-refractivity contribution in [3.63, 3.8) is 0 Å². The molecule has 1 amide bonds. The summed E-state index contributed by atoms with van der Waals surface area (Å²) >= 11 is 0. The molecule has 0 heterocycles. The second-order valence-electron chi connectivity index (χ2n) is 26.0. The van der Waals surface area contributed by atoms with Crippen LogP contribution in [-0.2, 0) is 14.3 Å². The molecule has 0 aromatic carbocycles. The Hall–Kier alpha value is -1.40. The molecule has 0 spiro atoms. The normalized spacial score (nSPS) is 12.5. The second kappa shape index (κ2) is 71.1. The molecule has 0 saturated carbocycles. The number of amides is 1. The zero-order valence-electron chi connectivity index (χ0n) is 55.3. The first-order valence-electron chi connectivity index (χ1n) is 37.5. The van der Waals surface area contributed by atoms with Crippen LogP contribution in [0.5, 0.6) is 0 Å². The Morgan fingerprint density at radius 1 is 0.333 bits per heavy atom. The summed E-state index contributed by atoms with van der Waals surface area (Å²) in [6.07, 6.45) is 88.8. The molecule has 6 nitrogen and oxygen atoms in total. The standard InChI is InChI=1S/C75H147NO5/c1-3-5-7-9-11-13-15-17-19-21-22-33-36-39-43-47-51-55-59-63-67-73(78)72(71-77)76-74(79)68-64-60-56-52-48-44-40-37-34-31-29-27-25-23-24-26-28-30-32-35-38-42-46-50-54-58-62-66-70-81-75(80)69-65-61-57-53-49-45-41-20-18-16-14-12-10-8-6-4-2/h63,67,72-73,77-78H,3-62,64-66,68-71H2,1-2H3,(H,76,79)/b67-63+. The van der Waals surface area contributed by atoms with Gasteiger partial charge in [-0.25, -0.2) is 0 Å². The lowest BCUT2D eigenvalue weighted by Crippen LogP contribution is -2.45. The van der Waals surface area contributed by atoms with Crippen LogP contribution in [0.4, 0.5) is 0 Å². The number of esters is 1. The highest BCUT2D eigenvalue weighted by molar-refractivity contribution is 5.76. The lowest BCUT2D eigenvalue weighted by molar-refractivity contribution is -0.143. The van der Waals surface area contributed by atoms with E-state index in [1.54, 1.807) is 6.08 Å². The first kappa shape index (κ1) is 79.6. The topological polar surface area (TPSA) is 95.9 Å². The maximum atomic E-state index is 12.5. The number of aliphatic hydroxyl groups excluding tert-OH is 2. The van der Waals surface area contributed by atoms with Gasteiger partial charge in [-0.1, -0.05) is 398 Å². The molecular formula is C75H147NO5. The van der Waals surface area contributed by atoms with Gasteiger partial charge < -0.3 is 20.3 Å². The number of rotatable bonds is 71. The third kappa shape index (κ3) is 67.6. The fourth-order valence-electron chi connectivity index (χ4n) is 12.1. The maximum absolute atomic E-state index is 12.5. The van der Waals surface area contributed by atoms with E-state index in [4.69, 9.17) is 4.74 Å². The van der Waals surface area contributed by atoms with Gasteiger partial charge in [-0.3, -0.25) is 9.59 Å². The summed E-state index contributed by atoms with van der Waals surface area (Å²) in [6, 6.07) is -0.626. The summed E-state index contributed by atoms with van der Waals surface area (Å²) in [6.45, 7) is 4.96. The molecule has 0 aliphatic heterocycles. The molecule has 2 atom stereocenters. The predicted octanol–water partition coefficient (Wildman–Crippen LogP) is 24.3. The van der Waals surface area contributed by atoms with Crippen LogP contribution in [0.2, 0.25) is 0 Å². The van der Waals surface area contributed by atoms with Crippen molar-refractivity contribution in [2.75, 3.05) is 13.2 Å². The zero-order chi connectivity index (χ0) is 58.5. The molecule has 2 unspecified atom stereocenters. The molecule has 0 radical (unpaired) electrons. The van der Waals surface area contributed by atoms with E-state index in [0.29, 0.717) is 19.4 Å². The average Bonchev–Trinajstić information content (AvgIpc) is 3.47. The van der Waals surface area contributed by atoms with Crippen LogP contribution >= 0.6 is 0 Å². The summed E-state index contributed by atoms with van der Waals surface area (Å²) < 4.78 is 5.51. The van der Waals surface area contributed by atoms with Crippen LogP contribution in [0.25, 0.3) is 0 Å². The summed E-state index contributed by atoms with van der Waals surface area (Å²) in [5, 5.41) is 23.3. The van der Waals surface area contributed by atoms with Crippen LogP contribution < -0.4 is 5.32 Å². The molecule has 0 bridgehead atoms. The van der Waals surface area contributed by atoms with Gasteiger partial charge in [-0.15, -0.1) is 0 Å². The number of ether oxygens (including phenoxy) is 1. The summed E-state index contributed by atoms with van der Waals surface area (Å²) in [4.78, 5) is 24.6. The molecule has 6 heteroatoms. The van der Waals surface area contributed by atoms with Crippen molar-refractivity contribution < 1.29 is 24.5 Å². The largest absolute Gasteiger partial charge is 0.466 e. The van der Waals surface area contributed by atoms with Gasteiger partial charge in [-0.05, 0) is 32.1 Å². The van der Waals surface area contributed by atoms with E-state index in [0.717, 1.165) is 38.5 Å². The number of hydrogen-bond acceptors (Lipinski definition) is 5. The average molecular weight is 1140 g/mol. The Morgan fingerprint density at radius 2 is 0.568 bits per heavy atom. The predicted molar refractivity (Wildman–Crippen MR) is 357 cm³/mol. The fraction of sp³-hybridized carbons (Fsp3) is 0.947. The van der Waals surface area contributed by atoms with E-state index in [-0.39, 0.29) is 18.5 Å². The monoisotopic (exact) mass is 1140 g/mol. The van der Waals surface area contributed by atoms with Crippen LogP contribution in [0.15, 0.2) is 12.2 Å².